The molecule has 8 heteroatoms. The van der Waals surface area contributed by atoms with Crippen molar-refractivity contribution in [1.82, 2.24) is 14.9 Å². The second-order valence-corrected chi connectivity index (χ2v) is 5.68. The fourth-order valence-electron chi connectivity index (χ4n) is 2.70. The topological polar surface area (TPSA) is 85.8 Å². The Labute approximate surface area is 144 Å². The molecular weight excluding hydrogens is 324 g/mol. The molecule has 0 aliphatic carbocycles. The third kappa shape index (κ3) is 3.48. The Morgan fingerprint density at radius 2 is 1.72 bits per heavy atom. The molecule has 1 fully saturated rings. The number of benzene rings is 1. The summed E-state index contributed by atoms with van der Waals surface area (Å²) in [6, 6.07) is 5.54. The molecule has 8 nitrogen and oxygen atoms in total. The van der Waals surface area contributed by atoms with Crippen molar-refractivity contribution >= 4 is 17.5 Å². The van der Waals surface area contributed by atoms with E-state index >= 15 is 0 Å². The molecule has 2 aliphatic heterocycles. The van der Waals surface area contributed by atoms with Crippen molar-refractivity contribution in [2.45, 2.75) is 0 Å². The van der Waals surface area contributed by atoms with E-state index in [0.29, 0.717) is 56.8 Å². The van der Waals surface area contributed by atoms with E-state index in [2.05, 4.69) is 15.3 Å². The Balaban J connectivity index is 1.44. The Hall–Kier alpha value is -2.87. The van der Waals surface area contributed by atoms with Crippen LogP contribution in [0.15, 0.2) is 30.6 Å². The number of hydrogen-bond donors (Lipinski definition) is 1. The van der Waals surface area contributed by atoms with E-state index in [9.17, 15) is 4.79 Å². The van der Waals surface area contributed by atoms with Gasteiger partial charge in [0.15, 0.2) is 11.5 Å². The predicted molar refractivity (Wildman–Crippen MR) is 89.5 cm³/mol. The van der Waals surface area contributed by atoms with Crippen LogP contribution in [0.25, 0.3) is 0 Å². The average Bonchev–Trinajstić information content (AvgIpc) is 2.69. The molecule has 0 saturated carbocycles. The predicted octanol–water partition coefficient (Wildman–Crippen LogP) is 1.46. The van der Waals surface area contributed by atoms with Gasteiger partial charge in [0.25, 0.3) is 5.91 Å². The molecule has 1 amide bonds. The number of anilines is 2. The highest BCUT2D eigenvalue weighted by molar-refractivity contribution is 5.93. The van der Waals surface area contributed by atoms with Crippen LogP contribution in [0.3, 0.4) is 0 Å². The number of morpholine rings is 1. The van der Waals surface area contributed by atoms with Gasteiger partial charge in [-0.3, -0.25) is 4.79 Å². The van der Waals surface area contributed by atoms with Crippen molar-refractivity contribution in [1.29, 1.82) is 0 Å². The Morgan fingerprint density at radius 1 is 1.00 bits per heavy atom. The number of ether oxygens (including phenoxy) is 3. The molecule has 0 bridgehead atoms. The van der Waals surface area contributed by atoms with Crippen LogP contribution in [-0.4, -0.2) is 60.3 Å². The van der Waals surface area contributed by atoms with Crippen LogP contribution in [-0.2, 0) is 4.74 Å². The van der Waals surface area contributed by atoms with Gasteiger partial charge in [0.1, 0.15) is 13.2 Å². The van der Waals surface area contributed by atoms with E-state index in [4.69, 9.17) is 14.2 Å². The van der Waals surface area contributed by atoms with Crippen molar-refractivity contribution in [2.24, 2.45) is 0 Å². The van der Waals surface area contributed by atoms with Crippen molar-refractivity contribution in [3.8, 4) is 11.5 Å². The van der Waals surface area contributed by atoms with Crippen molar-refractivity contribution in [3.63, 3.8) is 0 Å². The first-order valence-corrected chi connectivity index (χ1v) is 8.15. The third-order valence-electron chi connectivity index (χ3n) is 4.00. The molecule has 0 atom stereocenters. The zero-order valence-electron chi connectivity index (χ0n) is 13.6. The van der Waals surface area contributed by atoms with Crippen LogP contribution in [0.2, 0.25) is 0 Å². The Bertz CT molecular complexity index is 760. The number of carbonyl (C=O) groups is 1. The van der Waals surface area contributed by atoms with Crippen LogP contribution in [0.1, 0.15) is 10.4 Å². The maximum absolute atomic E-state index is 12.4. The number of aromatic nitrogens is 2. The summed E-state index contributed by atoms with van der Waals surface area (Å²) in [5.41, 5.74) is 1.26. The average molecular weight is 342 g/mol. The van der Waals surface area contributed by atoms with Gasteiger partial charge < -0.3 is 24.4 Å². The lowest BCUT2D eigenvalue weighted by molar-refractivity contribution is 0.0302. The van der Waals surface area contributed by atoms with E-state index in [1.165, 1.54) is 12.4 Å². The zero-order chi connectivity index (χ0) is 17.1. The highest BCUT2D eigenvalue weighted by atomic mass is 16.6. The highest BCUT2D eigenvalue weighted by Crippen LogP contribution is 2.33. The molecule has 25 heavy (non-hydrogen) atoms. The summed E-state index contributed by atoms with van der Waals surface area (Å²) in [6.07, 6.45) is 3.07. The molecule has 1 aromatic carbocycles. The summed E-state index contributed by atoms with van der Waals surface area (Å²) in [5, 5.41) is 3.10. The number of amides is 1. The van der Waals surface area contributed by atoms with Gasteiger partial charge in [-0.15, -0.1) is 0 Å². The number of carbonyl (C=O) groups excluding carboxylic acids is 1. The normalized spacial score (nSPS) is 16.4. The molecule has 1 N–H and O–H groups in total. The number of rotatable bonds is 3. The molecule has 2 aliphatic rings. The standard InChI is InChI=1S/C17H18N4O4/c22-16(21-3-5-23-6-4-21)12-10-18-17(19-11-12)20-13-1-2-14-15(9-13)25-8-7-24-14/h1-2,9-11H,3-8H2,(H,18,19,20). The summed E-state index contributed by atoms with van der Waals surface area (Å²) in [6.45, 7) is 3.41. The lowest BCUT2D eigenvalue weighted by atomic mass is 10.2. The van der Waals surface area contributed by atoms with E-state index in [1.54, 1.807) is 4.90 Å². The molecule has 0 radical (unpaired) electrons. The maximum Gasteiger partial charge on any atom is 0.257 e. The second-order valence-electron chi connectivity index (χ2n) is 5.68. The summed E-state index contributed by atoms with van der Waals surface area (Å²) >= 11 is 0. The van der Waals surface area contributed by atoms with Crippen LogP contribution in [0, 0.1) is 0 Å². The van der Waals surface area contributed by atoms with Crippen molar-refractivity contribution in [2.75, 3.05) is 44.8 Å². The van der Waals surface area contributed by atoms with Crippen LogP contribution >= 0.6 is 0 Å². The first kappa shape index (κ1) is 15.6. The number of hydrogen-bond acceptors (Lipinski definition) is 7. The van der Waals surface area contributed by atoms with Crippen molar-refractivity contribution < 1.29 is 19.0 Å². The van der Waals surface area contributed by atoms with Gasteiger partial charge in [0.05, 0.1) is 18.8 Å². The van der Waals surface area contributed by atoms with Gasteiger partial charge in [-0.05, 0) is 12.1 Å². The van der Waals surface area contributed by atoms with Gasteiger partial charge in [-0.1, -0.05) is 0 Å². The van der Waals surface area contributed by atoms with Gasteiger partial charge in [0.2, 0.25) is 5.95 Å². The lowest BCUT2D eigenvalue weighted by Gasteiger charge is -2.26. The van der Waals surface area contributed by atoms with E-state index < -0.39 is 0 Å². The highest BCUT2D eigenvalue weighted by Gasteiger charge is 2.19. The molecule has 1 aromatic heterocycles. The summed E-state index contributed by atoms with van der Waals surface area (Å²) in [5.74, 6) is 1.75. The Morgan fingerprint density at radius 3 is 2.48 bits per heavy atom. The molecule has 1 saturated heterocycles. The number of nitrogens with one attached hydrogen (secondary N) is 1. The van der Waals surface area contributed by atoms with Crippen LogP contribution in [0.4, 0.5) is 11.6 Å². The van der Waals surface area contributed by atoms with Gasteiger partial charge in [0, 0.05) is 37.2 Å². The van der Waals surface area contributed by atoms with Gasteiger partial charge in [-0.2, -0.15) is 0 Å². The van der Waals surface area contributed by atoms with Crippen molar-refractivity contribution in [3.05, 3.63) is 36.2 Å². The minimum atomic E-state index is -0.0748. The largest absolute Gasteiger partial charge is 0.486 e. The molecule has 0 spiro atoms. The summed E-state index contributed by atoms with van der Waals surface area (Å²) < 4.78 is 16.3. The number of fused-ring (bicyclic) bond motifs is 1. The molecule has 4 rings (SSSR count). The third-order valence-corrected chi connectivity index (χ3v) is 4.00. The second kappa shape index (κ2) is 6.94. The molecule has 0 unspecified atom stereocenters. The molecule has 2 aromatic rings. The van der Waals surface area contributed by atoms with Crippen LogP contribution < -0.4 is 14.8 Å². The summed E-state index contributed by atoms with van der Waals surface area (Å²) in [7, 11) is 0. The Kier molecular flexibility index (Phi) is 4.34. The van der Waals surface area contributed by atoms with E-state index in [0.717, 1.165) is 11.4 Å². The van der Waals surface area contributed by atoms with Gasteiger partial charge >= 0.3 is 0 Å². The first-order chi connectivity index (χ1) is 12.3. The summed E-state index contributed by atoms with van der Waals surface area (Å²) in [4.78, 5) is 22.6. The molecule has 3 heterocycles. The van der Waals surface area contributed by atoms with Crippen LogP contribution in [0.5, 0.6) is 11.5 Å². The zero-order valence-corrected chi connectivity index (χ0v) is 13.6. The first-order valence-electron chi connectivity index (χ1n) is 8.15. The quantitative estimate of drug-likeness (QED) is 0.904. The minimum Gasteiger partial charge on any atom is -0.486 e. The lowest BCUT2D eigenvalue weighted by Crippen LogP contribution is -2.40. The molecule has 130 valence electrons. The minimum absolute atomic E-state index is 0.0748. The maximum atomic E-state index is 12.4. The van der Waals surface area contributed by atoms with E-state index in [-0.39, 0.29) is 5.91 Å². The monoisotopic (exact) mass is 342 g/mol. The SMILES string of the molecule is O=C(c1cnc(Nc2ccc3c(c2)OCCO3)nc1)N1CCOCC1. The van der Waals surface area contributed by atoms with Gasteiger partial charge in [-0.25, -0.2) is 9.97 Å². The number of nitrogens with zero attached hydrogens (tertiary/aromatic N) is 3. The fraction of sp³-hybridized carbons (Fsp3) is 0.353. The van der Waals surface area contributed by atoms with E-state index in [1.807, 2.05) is 18.2 Å². The molecular formula is C17H18N4O4. The fourth-order valence-corrected chi connectivity index (χ4v) is 2.70. The smallest absolute Gasteiger partial charge is 0.257 e.